The topological polar surface area (TPSA) is 79.1 Å². The second-order valence-electron chi connectivity index (χ2n) is 6.03. The molecule has 1 amide bonds. The minimum atomic E-state index is -0.417. The van der Waals surface area contributed by atoms with Crippen molar-refractivity contribution in [2.45, 2.75) is 19.9 Å². The molecule has 0 aliphatic carbocycles. The summed E-state index contributed by atoms with van der Waals surface area (Å²) in [6.45, 7) is 2.66. The Balaban J connectivity index is 1.83. The van der Waals surface area contributed by atoms with Crippen LogP contribution in [-0.4, -0.2) is 36.8 Å². The molecule has 29 heavy (non-hydrogen) atoms. The van der Waals surface area contributed by atoms with Crippen molar-refractivity contribution in [2.75, 3.05) is 20.3 Å². The average Bonchev–Trinajstić information content (AvgIpc) is 3.05. The predicted octanol–water partition coefficient (Wildman–Crippen LogP) is 3.17. The van der Waals surface area contributed by atoms with Gasteiger partial charge in [0.2, 0.25) is 0 Å². The van der Waals surface area contributed by atoms with E-state index in [1.807, 2.05) is 55.5 Å². The first kappa shape index (κ1) is 20.6. The molecule has 0 aliphatic rings. The average molecular weight is 414 g/mol. The molecular weight excluding hydrogens is 392 g/mol. The fourth-order valence-electron chi connectivity index (χ4n) is 2.68. The van der Waals surface area contributed by atoms with Crippen LogP contribution in [0.25, 0.3) is 10.2 Å². The van der Waals surface area contributed by atoms with Crippen molar-refractivity contribution in [3.8, 4) is 11.5 Å². The fraction of sp³-hybridized carbons (Fsp3) is 0.286. The third-order valence-electron chi connectivity index (χ3n) is 4.03. The van der Waals surface area contributed by atoms with E-state index in [4.69, 9.17) is 14.2 Å². The summed E-state index contributed by atoms with van der Waals surface area (Å²) in [4.78, 5) is 28.9. The van der Waals surface area contributed by atoms with Gasteiger partial charge in [0.25, 0.3) is 5.91 Å². The van der Waals surface area contributed by atoms with E-state index in [-0.39, 0.29) is 25.5 Å². The molecule has 7 nitrogen and oxygen atoms in total. The highest BCUT2D eigenvalue weighted by Gasteiger charge is 2.13. The van der Waals surface area contributed by atoms with Crippen molar-refractivity contribution in [3.05, 3.63) is 53.3 Å². The van der Waals surface area contributed by atoms with Crippen LogP contribution in [0, 0.1) is 0 Å². The SMILES string of the molecule is CCOc1ccc2c(c1)sc(=NC(=O)CCOc1ccccc1)n2CC(=O)OC. The lowest BCUT2D eigenvalue weighted by atomic mass is 10.3. The van der Waals surface area contributed by atoms with Crippen LogP contribution in [0.4, 0.5) is 0 Å². The maximum Gasteiger partial charge on any atom is 0.325 e. The minimum Gasteiger partial charge on any atom is -0.494 e. The number of nitrogens with zero attached hydrogens (tertiary/aromatic N) is 2. The molecule has 0 N–H and O–H groups in total. The molecule has 0 saturated carbocycles. The van der Waals surface area contributed by atoms with E-state index in [1.165, 1.54) is 18.4 Å². The van der Waals surface area contributed by atoms with E-state index < -0.39 is 5.97 Å². The summed E-state index contributed by atoms with van der Waals surface area (Å²) in [7, 11) is 1.33. The molecule has 0 bridgehead atoms. The first-order valence-corrected chi connectivity index (χ1v) is 10.0. The molecule has 8 heteroatoms. The van der Waals surface area contributed by atoms with Crippen molar-refractivity contribution in [2.24, 2.45) is 4.99 Å². The van der Waals surface area contributed by atoms with Crippen LogP contribution in [-0.2, 0) is 20.9 Å². The van der Waals surface area contributed by atoms with Gasteiger partial charge in [-0.05, 0) is 37.3 Å². The van der Waals surface area contributed by atoms with Gasteiger partial charge in [0.15, 0.2) is 4.80 Å². The number of esters is 1. The number of methoxy groups -OCH3 is 1. The van der Waals surface area contributed by atoms with Crippen molar-refractivity contribution in [3.63, 3.8) is 0 Å². The van der Waals surface area contributed by atoms with Crippen LogP contribution < -0.4 is 14.3 Å². The third kappa shape index (κ3) is 5.45. The van der Waals surface area contributed by atoms with Crippen LogP contribution >= 0.6 is 11.3 Å². The van der Waals surface area contributed by atoms with Crippen LogP contribution in [0.2, 0.25) is 0 Å². The largest absolute Gasteiger partial charge is 0.494 e. The summed E-state index contributed by atoms with van der Waals surface area (Å²) < 4.78 is 18.4. The number of amides is 1. The van der Waals surface area contributed by atoms with E-state index in [2.05, 4.69) is 4.99 Å². The van der Waals surface area contributed by atoms with Crippen LogP contribution in [0.5, 0.6) is 11.5 Å². The zero-order valence-electron chi connectivity index (χ0n) is 16.3. The number of benzene rings is 2. The second-order valence-corrected chi connectivity index (χ2v) is 7.04. The Bertz CT molecular complexity index is 1060. The number of thiazole rings is 1. The number of hydrogen-bond donors (Lipinski definition) is 0. The maximum atomic E-state index is 12.4. The summed E-state index contributed by atoms with van der Waals surface area (Å²) in [5, 5.41) is 0. The van der Waals surface area contributed by atoms with E-state index in [9.17, 15) is 9.59 Å². The number of fused-ring (bicyclic) bond motifs is 1. The van der Waals surface area contributed by atoms with Gasteiger partial charge < -0.3 is 18.8 Å². The zero-order valence-corrected chi connectivity index (χ0v) is 17.1. The lowest BCUT2D eigenvalue weighted by Gasteiger charge is -2.05. The molecule has 0 fully saturated rings. The quantitative estimate of drug-likeness (QED) is 0.529. The molecule has 1 aromatic heterocycles. The summed E-state index contributed by atoms with van der Waals surface area (Å²) in [5.41, 5.74) is 0.788. The zero-order chi connectivity index (χ0) is 20.6. The van der Waals surface area contributed by atoms with Crippen molar-refractivity contribution in [1.29, 1.82) is 0 Å². The van der Waals surface area contributed by atoms with Gasteiger partial charge in [-0.25, -0.2) is 0 Å². The summed E-state index contributed by atoms with van der Waals surface area (Å²) in [6.07, 6.45) is 0.131. The molecule has 3 aromatic rings. The normalized spacial score (nSPS) is 11.4. The summed E-state index contributed by atoms with van der Waals surface area (Å²) in [5.74, 6) is 0.683. The molecule has 0 spiro atoms. The molecule has 152 valence electrons. The van der Waals surface area contributed by atoms with Gasteiger partial charge >= 0.3 is 5.97 Å². The highest BCUT2D eigenvalue weighted by atomic mass is 32.1. The summed E-state index contributed by atoms with van der Waals surface area (Å²) in [6, 6.07) is 14.8. The van der Waals surface area contributed by atoms with E-state index in [1.54, 1.807) is 4.57 Å². The first-order chi connectivity index (χ1) is 14.1. The number of para-hydroxylation sites is 1. The number of carbonyl (C=O) groups excluding carboxylic acids is 2. The lowest BCUT2D eigenvalue weighted by molar-refractivity contribution is -0.141. The Morgan fingerprint density at radius 3 is 2.59 bits per heavy atom. The molecule has 3 rings (SSSR count). The first-order valence-electron chi connectivity index (χ1n) is 9.19. The predicted molar refractivity (Wildman–Crippen MR) is 110 cm³/mol. The van der Waals surface area contributed by atoms with Crippen molar-refractivity contribution < 1.29 is 23.8 Å². The van der Waals surface area contributed by atoms with Gasteiger partial charge in [0, 0.05) is 0 Å². The Morgan fingerprint density at radius 1 is 1.07 bits per heavy atom. The van der Waals surface area contributed by atoms with Crippen LogP contribution in [0.15, 0.2) is 53.5 Å². The van der Waals surface area contributed by atoms with Gasteiger partial charge in [-0.15, -0.1) is 0 Å². The molecule has 2 aromatic carbocycles. The maximum absolute atomic E-state index is 12.4. The Kier molecular flexibility index (Phi) is 7.02. The molecule has 0 unspecified atom stereocenters. The molecular formula is C21H22N2O5S. The fourth-order valence-corrected chi connectivity index (χ4v) is 3.75. The van der Waals surface area contributed by atoms with Crippen molar-refractivity contribution in [1.82, 2.24) is 4.57 Å². The molecule has 1 heterocycles. The molecule has 0 radical (unpaired) electrons. The monoisotopic (exact) mass is 414 g/mol. The van der Waals surface area contributed by atoms with Gasteiger partial charge in [0.1, 0.15) is 18.0 Å². The van der Waals surface area contributed by atoms with Gasteiger partial charge in [0.05, 0.1) is 37.0 Å². The number of aromatic nitrogens is 1. The standard InChI is InChI=1S/C21H22N2O5S/c1-3-27-16-9-10-17-18(13-16)29-21(23(17)14-20(25)26-2)22-19(24)11-12-28-15-7-5-4-6-8-15/h4-10,13H,3,11-12,14H2,1-2H3. The molecule has 0 atom stereocenters. The van der Waals surface area contributed by atoms with Gasteiger partial charge in [-0.2, -0.15) is 4.99 Å². The number of hydrogen-bond acceptors (Lipinski definition) is 6. The van der Waals surface area contributed by atoms with Gasteiger partial charge in [-0.3, -0.25) is 9.59 Å². The molecule has 0 saturated heterocycles. The minimum absolute atomic E-state index is 0.0306. The Morgan fingerprint density at radius 2 is 1.86 bits per heavy atom. The van der Waals surface area contributed by atoms with Crippen LogP contribution in [0.3, 0.4) is 0 Å². The number of rotatable bonds is 8. The van der Waals surface area contributed by atoms with E-state index in [0.29, 0.717) is 17.2 Å². The lowest BCUT2D eigenvalue weighted by Crippen LogP contribution is -2.22. The van der Waals surface area contributed by atoms with E-state index in [0.717, 1.165) is 16.0 Å². The van der Waals surface area contributed by atoms with Crippen molar-refractivity contribution >= 4 is 33.4 Å². The number of carbonyl (C=O) groups is 2. The van der Waals surface area contributed by atoms with E-state index >= 15 is 0 Å². The third-order valence-corrected chi connectivity index (χ3v) is 5.07. The smallest absolute Gasteiger partial charge is 0.325 e. The van der Waals surface area contributed by atoms with Crippen LogP contribution in [0.1, 0.15) is 13.3 Å². The Labute approximate surface area is 172 Å². The summed E-state index contributed by atoms with van der Waals surface area (Å²) >= 11 is 1.32. The van der Waals surface area contributed by atoms with Gasteiger partial charge in [-0.1, -0.05) is 29.5 Å². The second kappa shape index (κ2) is 9.88. The number of ether oxygens (including phenoxy) is 3. The highest BCUT2D eigenvalue weighted by molar-refractivity contribution is 7.16. The Hall–Kier alpha value is -3.13. The highest BCUT2D eigenvalue weighted by Crippen LogP contribution is 2.23. The molecule has 0 aliphatic heterocycles.